The molecule has 1 aliphatic rings. The lowest BCUT2D eigenvalue weighted by Crippen LogP contribution is -2.51. The van der Waals surface area contributed by atoms with E-state index in [1.54, 1.807) is 12.1 Å². The van der Waals surface area contributed by atoms with Crippen LogP contribution < -0.4 is 10.5 Å². The van der Waals surface area contributed by atoms with Crippen LogP contribution in [0.4, 0.5) is 5.69 Å². The van der Waals surface area contributed by atoms with Crippen LogP contribution in [0.2, 0.25) is 0 Å². The van der Waals surface area contributed by atoms with Gasteiger partial charge in [-0.25, -0.2) is 13.1 Å². The third kappa shape index (κ3) is 3.01. The standard InChI is InChI=1S/C12H18N2O3S/c1-12(7-2-8-17-9-12)14-18(15,16)11-5-3-10(13)4-6-11/h3-6,14H,2,7-9,13H2,1H3. The molecule has 1 saturated heterocycles. The Kier molecular flexibility index (Phi) is 3.61. The van der Waals surface area contributed by atoms with Crippen molar-refractivity contribution in [1.82, 2.24) is 4.72 Å². The van der Waals surface area contributed by atoms with Gasteiger partial charge in [0.05, 0.1) is 17.0 Å². The first-order valence-corrected chi connectivity index (χ1v) is 7.37. The molecule has 100 valence electrons. The second-order valence-electron chi connectivity index (χ2n) is 4.89. The summed E-state index contributed by atoms with van der Waals surface area (Å²) in [5.41, 5.74) is 5.56. The highest BCUT2D eigenvalue weighted by atomic mass is 32.2. The molecule has 0 spiro atoms. The number of nitrogens with two attached hydrogens (primary N) is 1. The topological polar surface area (TPSA) is 81.4 Å². The molecule has 0 amide bonds. The van der Waals surface area contributed by atoms with Crippen molar-refractivity contribution in [2.24, 2.45) is 0 Å². The summed E-state index contributed by atoms with van der Waals surface area (Å²) in [5.74, 6) is 0. The first kappa shape index (κ1) is 13.3. The summed E-state index contributed by atoms with van der Waals surface area (Å²) in [7, 11) is -3.52. The maximum Gasteiger partial charge on any atom is 0.241 e. The average molecular weight is 270 g/mol. The normalized spacial score (nSPS) is 24.9. The monoisotopic (exact) mass is 270 g/mol. The number of sulfonamides is 1. The number of ether oxygens (including phenoxy) is 1. The quantitative estimate of drug-likeness (QED) is 0.806. The number of nitrogen functional groups attached to an aromatic ring is 1. The fraction of sp³-hybridized carbons (Fsp3) is 0.500. The average Bonchev–Trinajstić information content (AvgIpc) is 2.29. The molecular formula is C12H18N2O3S. The van der Waals surface area contributed by atoms with Crippen LogP contribution >= 0.6 is 0 Å². The molecule has 1 fully saturated rings. The first-order chi connectivity index (χ1) is 8.41. The molecule has 3 N–H and O–H groups in total. The predicted octanol–water partition coefficient (Wildman–Crippen LogP) is 1.12. The van der Waals surface area contributed by atoms with Crippen molar-refractivity contribution in [1.29, 1.82) is 0 Å². The Labute approximate surface area is 107 Å². The Morgan fingerprint density at radius 2 is 2.00 bits per heavy atom. The third-order valence-corrected chi connectivity index (χ3v) is 4.66. The van der Waals surface area contributed by atoms with Gasteiger partial charge in [-0.2, -0.15) is 0 Å². The summed E-state index contributed by atoms with van der Waals surface area (Å²) in [6.07, 6.45) is 1.64. The van der Waals surface area contributed by atoms with Crippen molar-refractivity contribution in [2.75, 3.05) is 18.9 Å². The van der Waals surface area contributed by atoms with E-state index in [1.165, 1.54) is 12.1 Å². The molecule has 6 heteroatoms. The maximum atomic E-state index is 12.2. The molecule has 0 radical (unpaired) electrons. The minimum absolute atomic E-state index is 0.225. The minimum Gasteiger partial charge on any atom is -0.399 e. The summed E-state index contributed by atoms with van der Waals surface area (Å²) in [5, 5.41) is 0. The number of hydrogen-bond donors (Lipinski definition) is 2. The van der Waals surface area contributed by atoms with Gasteiger partial charge in [0.15, 0.2) is 0 Å². The molecule has 0 bridgehead atoms. The van der Waals surface area contributed by atoms with Gasteiger partial charge in [0.25, 0.3) is 0 Å². The summed E-state index contributed by atoms with van der Waals surface area (Å²) < 4.78 is 32.5. The van der Waals surface area contributed by atoms with E-state index in [0.717, 1.165) is 12.8 Å². The van der Waals surface area contributed by atoms with Crippen molar-refractivity contribution in [2.45, 2.75) is 30.2 Å². The van der Waals surface area contributed by atoms with Crippen LogP contribution in [0.1, 0.15) is 19.8 Å². The smallest absolute Gasteiger partial charge is 0.241 e. The summed E-state index contributed by atoms with van der Waals surface area (Å²) >= 11 is 0. The third-order valence-electron chi connectivity index (χ3n) is 3.01. The number of hydrogen-bond acceptors (Lipinski definition) is 4. The van der Waals surface area contributed by atoms with Crippen LogP contribution in [0, 0.1) is 0 Å². The molecule has 1 heterocycles. The van der Waals surface area contributed by atoms with Gasteiger partial charge in [-0.3, -0.25) is 0 Å². The van der Waals surface area contributed by atoms with Crippen LogP contribution in [0.5, 0.6) is 0 Å². The molecular weight excluding hydrogens is 252 g/mol. The Morgan fingerprint density at radius 1 is 1.33 bits per heavy atom. The van der Waals surface area contributed by atoms with Gasteiger partial charge in [-0.05, 0) is 44.0 Å². The minimum atomic E-state index is -3.52. The Hall–Kier alpha value is -1.11. The van der Waals surface area contributed by atoms with Crippen molar-refractivity contribution < 1.29 is 13.2 Å². The highest BCUT2D eigenvalue weighted by Gasteiger charge is 2.32. The lowest BCUT2D eigenvalue weighted by Gasteiger charge is -2.33. The lowest BCUT2D eigenvalue weighted by molar-refractivity contribution is 0.0386. The second-order valence-corrected chi connectivity index (χ2v) is 6.57. The SMILES string of the molecule is CC1(NS(=O)(=O)c2ccc(N)cc2)CCCOC1. The van der Waals surface area contributed by atoms with E-state index in [-0.39, 0.29) is 4.90 Å². The highest BCUT2D eigenvalue weighted by molar-refractivity contribution is 7.89. The zero-order valence-electron chi connectivity index (χ0n) is 10.3. The zero-order chi connectivity index (χ0) is 13.2. The van der Waals surface area contributed by atoms with Crippen LogP contribution in [-0.4, -0.2) is 27.2 Å². The fourth-order valence-electron chi connectivity index (χ4n) is 2.04. The van der Waals surface area contributed by atoms with Gasteiger partial charge in [0.2, 0.25) is 10.0 Å². The van der Waals surface area contributed by atoms with E-state index in [0.29, 0.717) is 18.9 Å². The van der Waals surface area contributed by atoms with E-state index in [9.17, 15) is 8.42 Å². The van der Waals surface area contributed by atoms with Crippen LogP contribution in [0.3, 0.4) is 0 Å². The summed E-state index contributed by atoms with van der Waals surface area (Å²) in [6, 6.07) is 6.16. The van der Waals surface area contributed by atoms with Gasteiger partial charge >= 0.3 is 0 Å². The molecule has 1 atom stereocenters. The molecule has 0 saturated carbocycles. The highest BCUT2D eigenvalue weighted by Crippen LogP contribution is 2.22. The maximum absolute atomic E-state index is 12.2. The van der Waals surface area contributed by atoms with Crippen molar-refractivity contribution in [3.05, 3.63) is 24.3 Å². The van der Waals surface area contributed by atoms with E-state index < -0.39 is 15.6 Å². The van der Waals surface area contributed by atoms with E-state index in [4.69, 9.17) is 10.5 Å². The first-order valence-electron chi connectivity index (χ1n) is 5.89. The van der Waals surface area contributed by atoms with Crippen LogP contribution in [0.15, 0.2) is 29.2 Å². The zero-order valence-corrected chi connectivity index (χ0v) is 11.2. The molecule has 2 rings (SSSR count). The molecule has 0 aliphatic carbocycles. The van der Waals surface area contributed by atoms with Gasteiger partial charge in [0, 0.05) is 12.3 Å². The number of anilines is 1. The summed E-state index contributed by atoms with van der Waals surface area (Å²) in [4.78, 5) is 0.225. The number of rotatable bonds is 3. The summed E-state index contributed by atoms with van der Waals surface area (Å²) in [6.45, 7) is 2.96. The largest absolute Gasteiger partial charge is 0.399 e. The Morgan fingerprint density at radius 3 is 2.56 bits per heavy atom. The molecule has 1 aliphatic heterocycles. The van der Waals surface area contributed by atoms with Crippen molar-refractivity contribution in [3.63, 3.8) is 0 Å². The van der Waals surface area contributed by atoms with Gasteiger partial charge in [0.1, 0.15) is 0 Å². The molecule has 18 heavy (non-hydrogen) atoms. The Bertz CT molecular complexity index is 505. The van der Waals surface area contributed by atoms with Crippen molar-refractivity contribution in [3.8, 4) is 0 Å². The molecule has 1 aromatic carbocycles. The van der Waals surface area contributed by atoms with E-state index >= 15 is 0 Å². The van der Waals surface area contributed by atoms with Crippen molar-refractivity contribution >= 4 is 15.7 Å². The van der Waals surface area contributed by atoms with Crippen LogP contribution in [-0.2, 0) is 14.8 Å². The van der Waals surface area contributed by atoms with Crippen LogP contribution in [0.25, 0.3) is 0 Å². The number of benzene rings is 1. The number of nitrogens with one attached hydrogen (secondary N) is 1. The van der Waals surface area contributed by atoms with E-state index in [1.807, 2.05) is 6.92 Å². The molecule has 5 nitrogen and oxygen atoms in total. The molecule has 0 aromatic heterocycles. The lowest BCUT2D eigenvalue weighted by atomic mass is 9.97. The van der Waals surface area contributed by atoms with Gasteiger partial charge in [-0.15, -0.1) is 0 Å². The van der Waals surface area contributed by atoms with Gasteiger partial charge in [-0.1, -0.05) is 0 Å². The second kappa shape index (κ2) is 4.87. The Balaban J connectivity index is 2.18. The molecule has 1 aromatic rings. The predicted molar refractivity (Wildman–Crippen MR) is 69.6 cm³/mol. The molecule has 1 unspecified atom stereocenters. The fourth-order valence-corrected chi connectivity index (χ4v) is 3.47. The van der Waals surface area contributed by atoms with E-state index in [2.05, 4.69) is 4.72 Å². The van der Waals surface area contributed by atoms with Gasteiger partial charge < -0.3 is 10.5 Å².